The summed E-state index contributed by atoms with van der Waals surface area (Å²) in [6.45, 7) is 2.56. The SMILES string of the molecule is CCCCOC(=O)C[C@@H](N)c1ccccc1. The van der Waals surface area contributed by atoms with Gasteiger partial charge in [-0.15, -0.1) is 0 Å². The Balaban J connectivity index is 2.34. The van der Waals surface area contributed by atoms with E-state index in [2.05, 4.69) is 6.92 Å². The number of nitrogens with two attached hydrogens (primary N) is 1. The molecule has 0 saturated carbocycles. The molecule has 0 bridgehead atoms. The summed E-state index contributed by atoms with van der Waals surface area (Å²) in [6.07, 6.45) is 2.18. The van der Waals surface area contributed by atoms with Gasteiger partial charge in [-0.3, -0.25) is 4.79 Å². The van der Waals surface area contributed by atoms with E-state index in [4.69, 9.17) is 10.5 Å². The van der Waals surface area contributed by atoms with E-state index in [1.54, 1.807) is 0 Å². The minimum atomic E-state index is -0.268. The molecule has 0 saturated heterocycles. The van der Waals surface area contributed by atoms with Crippen LogP contribution in [-0.2, 0) is 9.53 Å². The molecule has 1 aromatic carbocycles. The molecule has 0 aromatic heterocycles. The number of ether oxygens (including phenoxy) is 1. The van der Waals surface area contributed by atoms with Crippen LogP contribution in [0.4, 0.5) is 0 Å². The van der Waals surface area contributed by atoms with E-state index < -0.39 is 0 Å². The average Bonchev–Trinajstić information content (AvgIpc) is 2.30. The molecule has 0 amide bonds. The molecule has 16 heavy (non-hydrogen) atoms. The third-order valence-electron chi connectivity index (χ3n) is 2.38. The molecule has 0 unspecified atom stereocenters. The normalized spacial score (nSPS) is 12.1. The molecule has 0 aliphatic rings. The first-order chi connectivity index (χ1) is 7.74. The molecule has 1 atom stereocenters. The molecule has 0 aliphatic carbocycles. The van der Waals surface area contributed by atoms with Gasteiger partial charge in [-0.2, -0.15) is 0 Å². The number of hydrogen-bond donors (Lipinski definition) is 1. The first-order valence-electron chi connectivity index (χ1n) is 5.70. The van der Waals surface area contributed by atoms with E-state index in [1.807, 2.05) is 30.3 Å². The zero-order valence-electron chi connectivity index (χ0n) is 9.69. The zero-order valence-corrected chi connectivity index (χ0v) is 9.69. The van der Waals surface area contributed by atoms with Crippen LogP contribution in [0.2, 0.25) is 0 Å². The van der Waals surface area contributed by atoms with Gasteiger partial charge in [0.1, 0.15) is 0 Å². The Morgan fingerprint density at radius 2 is 2.06 bits per heavy atom. The molecule has 88 valence electrons. The lowest BCUT2D eigenvalue weighted by Gasteiger charge is -2.11. The summed E-state index contributed by atoms with van der Waals surface area (Å²) < 4.78 is 5.06. The molecule has 0 fully saturated rings. The number of carbonyl (C=O) groups is 1. The van der Waals surface area contributed by atoms with Crippen LogP contribution in [0.5, 0.6) is 0 Å². The van der Waals surface area contributed by atoms with Crippen LogP contribution in [0.25, 0.3) is 0 Å². The molecule has 3 heteroatoms. The zero-order chi connectivity index (χ0) is 11.8. The number of esters is 1. The smallest absolute Gasteiger partial charge is 0.307 e. The Morgan fingerprint density at radius 1 is 1.38 bits per heavy atom. The van der Waals surface area contributed by atoms with Gasteiger partial charge in [0.2, 0.25) is 0 Å². The predicted octanol–water partition coefficient (Wildman–Crippen LogP) is 2.42. The highest BCUT2D eigenvalue weighted by atomic mass is 16.5. The summed E-state index contributed by atoms with van der Waals surface area (Å²) in [7, 11) is 0. The minimum absolute atomic E-state index is 0.218. The number of hydrogen-bond acceptors (Lipinski definition) is 3. The van der Waals surface area contributed by atoms with E-state index in [0.717, 1.165) is 18.4 Å². The summed E-state index contributed by atoms with van der Waals surface area (Å²) in [5.74, 6) is -0.218. The van der Waals surface area contributed by atoms with Crippen molar-refractivity contribution in [2.24, 2.45) is 5.73 Å². The lowest BCUT2D eigenvalue weighted by Crippen LogP contribution is -2.17. The highest BCUT2D eigenvalue weighted by Crippen LogP contribution is 2.13. The van der Waals surface area contributed by atoms with Crippen LogP contribution >= 0.6 is 0 Å². The lowest BCUT2D eigenvalue weighted by atomic mass is 10.1. The molecule has 0 radical (unpaired) electrons. The van der Waals surface area contributed by atoms with Crippen molar-refractivity contribution in [2.75, 3.05) is 6.61 Å². The van der Waals surface area contributed by atoms with E-state index in [1.165, 1.54) is 0 Å². The first kappa shape index (κ1) is 12.7. The van der Waals surface area contributed by atoms with E-state index in [-0.39, 0.29) is 18.4 Å². The van der Waals surface area contributed by atoms with Crippen molar-refractivity contribution < 1.29 is 9.53 Å². The molecular weight excluding hydrogens is 202 g/mol. The highest BCUT2D eigenvalue weighted by molar-refractivity contribution is 5.70. The third-order valence-corrected chi connectivity index (χ3v) is 2.38. The fraction of sp³-hybridized carbons (Fsp3) is 0.462. The topological polar surface area (TPSA) is 52.3 Å². The monoisotopic (exact) mass is 221 g/mol. The van der Waals surface area contributed by atoms with Gasteiger partial charge in [0, 0.05) is 6.04 Å². The van der Waals surface area contributed by atoms with Gasteiger partial charge < -0.3 is 10.5 Å². The molecule has 3 nitrogen and oxygen atoms in total. The predicted molar refractivity (Wildman–Crippen MR) is 63.9 cm³/mol. The standard InChI is InChI=1S/C13H19NO2/c1-2-3-9-16-13(15)10-12(14)11-7-5-4-6-8-11/h4-8,12H,2-3,9-10,14H2,1H3/t12-/m1/s1. The Kier molecular flexibility index (Phi) is 5.57. The second kappa shape index (κ2) is 7.01. The average molecular weight is 221 g/mol. The Hall–Kier alpha value is -1.35. The molecule has 2 N–H and O–H groups in total. The summed E-state index contributed by atoms with van der Waals surface area (Å²) in [5, 5.41) is 0. The Morgan fingerprint density at radius 3 is 2.69 bits per heavy atom. The van der Waals surface area contributed by atoms with Gasteiger partial charge in [0.25, 0.3) is 0 Å². The quantitative estimate of drug-likeness (QED) is 0.593. The van der Waals surface area contributed by atoms with Crippen molar-refractivity contribution in [1.82, 2.24) is 0 Å². The van der Waals surface area contributed by atoms with Gasteiger partial charge in [0.15, 0.2) is 0 Å². The van der Waals surface area contributed by atoms with Crippen LogP contribution < -0.4 is 5.73 Å². The number of unbranched alkanes of at least 4 members (excludes halogenated alkanes) is 1. The van der Waals surface area contributed by atoms with Gasteiger partial charge in [-0.1, -0.05) is 43.7 Å². The first-order valence-corrected chi connectivity index (χ1v) is 5.70. The summed E-state index contributed by atoms with van der Waals surface area (Å²) in [6, 6.07) is 9.33. The number of carbonyl (C=O) groups excluding carboxylic acids is 1. The lowest BCUT2D eigenvalue weighted by molar-refractivity contribution is -0.144. The van der Waals surface area contributed by atoms with Crippen molar-refractivity contribution in [3.63, 3.8) is 0 Å². The maximum atomic E-state index is 11.4. The maximum Gasteiger partial charge on any atom is 0.307 e. The van der Waals surface area contributed by atoms with Crippen LogP contribution in [-0.4, -0.2) is 12.6 Å². The van der Waals surface area contributed by atoms with Crippen molar-refractivity contribution in [3.8, 4) is 0 Å². The molecular formula is C13H19NO2. The van der Waals surface area contributed by atoms with Crippen LogP contribution in [0.3, 0.4) is 0 Å². The molecule has 1 aromatic rings. The van der Waals surface area contributed by atoms with Gasteiger partial charge >= 0.3 is 5.97 Å². The van der Waals surface area contributed by atoms with Crippen LogP contribution in [0, 0.1) is 0 Å². The highest BCUT2D eigenvalue weighted by Gasteiger charge is 2.11. The van der Waals surface area contributed by atoms with Crippen molar-refractivity contribution >= 4 is 5.97 Å². The summed E-state index contributed by atoms with van der Waals surface area (Å²) >= 11 is 0. The van der Waals surface area contributed by atoms with E-state index in [9.17, 15) is 4.79 Å². The van der Waals surface area contributed by atoms with Crippen molar-refractivity contribution in [1.29, 1.82) is 0 Å². The molecule has 1 rings (SSSR count). The second-order valence-electron chi connectivity index (χ2n) is 3.80. The van der Waals surface area contributed by atoms with Gasteiger partial charge in [-0.05, 0) is 12.0 Å². The molecule has 0 aliphatic heterocycles. The van der Waals surface area contributed by atoms with Crippen molar-refractivity contribution in [2.45, 2.75) is 32.2 Å². The van der Waals surface area contributed by atoms with Crippen LogP contribution in [0.1, 0.15) is 37.8 Å². The summed E-state index contributed by atoms with van der Waals surface area (Å²) in [5.41, 5.74) is 6.87. The Bertz CT molecular complexity index is 311. The number of benzene rings is 1. The number of rotatable bonds is 6. The second-order valence-corrected chi connectivity index (χ2v) is 3.80. The molecule has 0 heterocycles. The fourth-order valence-electron chi connectivity index (χ4n) is 1.39. The summed E-state index contributed by atoms with van der Waals surface area (Å²) in [4.78, 5) is 11.4. The van der Waals surface area contributed by atoms with Gasteiger partial charge in [-0.25, -0.2) is 0 Å². The minimum Gasteiger partial charge on any atom is -0.466 e. The van der Waals surface area contributed by atoms with Crippen LogP contribution in [0.15, 0.2) is 30.3 Å². The molecule has 0 spiro atoms. The van der Waals surface area contributed by atoms with Gasteiger partial charge in [0.05, 0.1) is 13.0 Å². The largest absolute Gasteiger partial charge is 0.466 e. The maximum absolute atomic E-state index is 11.4. The van der Waals surface area contributed by atoms with E-state index in [0.29, 0.717) is 6.61 Å². The van der Waals surface area contributed by atoms with Crippen molar-refractivity contribution in [3.05, 3.63) is 35.9 Å². The van der Waals surface area contributed by atoms with E-state index >= 15 is 0 Å². The fourth-order valence-corrected chi connectivity index (χ4v) is 1.39. The Labute approximate surface area is 96.6 Å². The third kappa shape index (κ3) is 4.45.